The highest BCUT2D eigenvalue weighted by Crippen LogP contribution is 2.19. The summed E-state index contributed by atoms with van der Waals surface area (Å²) in [6.07, 6.45) is 1.47. The van der Waals surface area contributed by atoms with E-state index in [0.29, 0.717) is 16.7 Å². The van der Waals surface area contributed by atoms with Crippen LogP contribution in [0.2, 0.25) is 5.15 Å². The quantitative estimate of drug-likeness (QED) is 0.713. The first-order valence-corrected chi connectivity index (χ1v) is 6.67. The molecule has 3 aromatic rings. The van der Waals surface area contributed by atoms with Crippen LogP contribution in [0.4, 0.5) is 5.95 Å². The molecule has 0 aliphatic rings. The van der Waals surface area contributed by atoms with Gasteiger partial charge in [-0.25, -0.2) is 4.98 Å². The van der Waals surface area contributed by atoms with Crippen molar-refractivity contribution >= 4 is 34.6 Å². The number of nitrogens with zero attached hydrogens (tertiary/aromatic N) is 3. The summed E-state index contributed by atoms with van der Waals surface area (Å²) in [5.41, 5.74) is 3.53. The smallest absolute Gasteiger partial charge is 0.258 e. The number of imidazole rings is 1. The van der Waals surface area contributed by atoms with Gasteiger partial charge in [-0.3, -0.25) is 10.1 Å². The van der Waals surface area contributed by atoms with E-state index in [1.165, 1.54) is 6.33 Å². The summed E-state index contributed by atoms with van der Waals surface area (Å²) in [6, 6.07) is 5.61. The molecule has 0 unspecified atom stereocenters. The summed E-state index contributed by atoms with van der Waals surface area (Å²) in [6.45, 7) is 3.87. The van der Waals surface area contributed by atoms with Gasteiger partial charge in [-0.1, -0.05) is 28.8 Å². The van der Waals surface area contributed by atoms with Crippen LogP contribution in [-0.2, 0) is 0 Å². The molecule has 0 atom stereocenters. The molecule has 2 N–H and O–H groups in total. The average molecular weight is 302 g/mol. The van der Waals surface area contributed by atoms with E-state index in [0.717, 1.165) is 11.1 Å². The number of halogens is 1. The highest BCUT2D eigenvalue weighted by atomic mass is 35.5. The van der Waals surface area contributed by atoms with Gasteiger partial charge in [-0.05, 0) is 26.0 Å². The lowest BCUT2D eigenvalue weighted by Gasteiger charge is -2.06. The number of aromatic amines is 1. The Balaban J connectivity index is 1.92. The minimum atomic E-state index is -0.284. The van der Waals surface area contributed by atoms with E-state index in [1.807, 2.05) is 19.9 Å². The maximum Gasteiger partial charge on any atom is 0.258 e. The molecule has 2 heterocycles. The molecule has 0 saturated heterocycles. The Morgan fingerprint density at radius 1 is 1.19 bits per heavy atom. The summed E-state index contributed by atoms with van der Waals surface area (Å²) in [5, 5.41) is 2.85. The largest absolute Gasteiger partial charge is 0.341 e. The van der Waals surface area contributed by atoms with Gasteiger partial charge in [0.1, 0.15) is 5.52 Å². The van der Waals surface area contributed by atoms with Crippen molar-refractivity contribution in [3.8, 4) is 0 Å². The molecule has 106 valence electrons. The standard InChI is InChI=1S/C14H12ClN5O/c1-7-3-8(2)5-9(4-7)13(21)20-14-18-11(15)10-12(19-14)17-6-16-10/h3-6H,1-2H3,(H2,16,17,18,19,20,21). The van der Waals surface area contributed by atoms with E-state index in [-0.39, 0.29) is 17.0 Å². The van der Waals surface area contributed by atoms with Crippen molar-refractivity contribution in [2.24, 2.45) is 0 Å². The van der Waals surface area contributed by atoms with Crippen LogP contribution in [0.25, 0.3) is 11.2 Å². The Kier molecular flexibility index (Phi) is 3.31. The lowest BCUT2D eigenvalue weighted by Crippen LogP contribution is -2.14. The third-order valence-electron chi connectivity index (χ3n) is 2.95. The fourth-order valence-corrected chi connectivity index (χ4v) is 2.35. The van der Waals surface area contributed by atoms with Gasteiger partial charge in [0, 0.05) is 5.56 Å². The lowest BCUT2D eigenvalue weighted by atomic mass is 10.1. The number of fused-ring (bicyclic) bond motifs is 1. The van der Waals surface area contributed by atoms with E-state index >= 15 is 0 Å². The summed E-state index contributed by atoms with van der Waals surface area (Å²) in [5.74, 6) is -0.156. The fourth-order valence-electron chi connectivity index (χ4n) is 2.13. The van der Waals surface area contributed by atoms with Crippen molar-refractivity contribution in [2.45, 2.75) is 13.8 Å². The summed E-state index contributed by atoms with van der Waals surface area (Å²) in [7, 11) is 0. The molecule has 0 radical (unpaired) electrons. The second-order valence-corrected chi connectivity index (χ2v) is 5.13. The Bertz CT molecular complexity index is 822. The van der Waals surface area contributed by atoms with E-state index in [1.54, 1.807) is 12.1 Å². The number of nitrogens with one attached hydrogen (secondary N) is 2. The number of H-pyrrole nitrogens is 1. The fraction of sp³-hybridized carbons (Fsp3) is 0.143. The highest BCUT2D eigenvalue weighted by molar-refractivity contribution is 6.33. The van der Waals surface area contributed by atoms with Crippen molar-refractivity contribution in [2.75, 3.05) is 5.32 Å². The first-order chi connectivity index (χ1) is 10.0. The minimum Gasteiger partial charge on any atom is -0.341 e. The molecule has 0 saturated carbocycles. The molecular formula is C14H12ClN5O. The summed E-state index contributed by atoms with van der Waals surface area (Å²) >= 11 is 6.01. The zero-order chi connectivity index (χ0) is 15.0. The van der Waals surface area contributed by atoms with Crippen molar-refractivity contribution in [1.82, 2.24) is 19.9 Å². The molecule has 1 amide bonds. The molecular weight excluding hydrogens is 290 g/mol. The number of carbonyl (C=O) groups is 1. The molecule has 0 bridgehead atoms. The molecule has 1 aromatic carbocycles. The van der Waals surface area contributed by atoms with E-state index in [9.17, 15) is 4.79 Å². The molecule has 0 spiro atoms. The Morgan fingerprint density at radius 3 is 2.62 bits per heavy atom. The lowest BCUT2D eigenvalue weighted by molar-refractivity contribution is 0.102. The van der Waals surface area contributed by atoms with Crippen LogP contribution in [0, 0.1) is 13.8 Å². The van der Waals surface area contributed by atoms with E-state index in [2.05, 4.69) is 25.3 Å². The SMILES string of the molecule is Cc1cc(C)cc(C(=O)Nc2nc(Cl)c3[nH]cnc3n2)c1. The third kappa shape index (κ3) is 2.71. The molecule has 0 fully saturated rings. The Morgan fingerprint density at radius 2 is 1.90 bits per heavy atom. The molecule has 0 aliphatic carbocycles. The van der Waals surface area contributed by atoms with Crippen LogP contribution in [0.1, 0.15) is 21.5 Å². The van der Waals surface area contributed by atoms with Gasteiger partial charge in [0.15, 0.2) is 10.8 Å². The third-order valence-corrected chi connectivity index (χ3v) is 3.22. The van der Waals surface area contributed by atoms with Crippen molar-refractivity contribution in [1.29, 1.82) is 0 Å². The van der Waals surface area contributed by atoms with Crippen LogP contribution in [0.15, 0.2) is 24.5 Å². The molecule has 6 nitrogen and oxygen atoms in total. The second kappa shape index (κ2) is 5.14. The summed E-state index contributed by atoms with van der Waals surface area (Å²) < 4.78 is 0. The van der Waals surface area contributed by atoms with Gasteiger partial charge in [0.05, 0.1) is 6.33 Å². The first-order valence-electron chi connectivity index (χ1n) is 6.29. The molecule has 7 heteroatoms. The average Bonchev–Trinajstić information content (AvgIpc) is 2.86. The van der Waals surface area contributed by atoms with E-state index < -0.39 is 0 Å². The monoisotopic (exact) mass is 301 g/mol. The van der Waals surface area contributed by atoms with Gasteiger partial charge >= 0.3 is 0 Å². The van der Waals surface area contributed by atoms with Crippen molar-refractivity contribution < 1.29 is 4.79 Å². The van der Waals surface area contributed by atoms with Crippen LogP contribution in [-0.4, -0.2) is 25.8 Å². The van der Waals surface area contributed by atoms with Crippen molar-refractivity contribution in [3.05, 3.63) is 46.4 Å². The normalized spacial score (nSPS) is 10.8. The number of benzene rings is 1. The van der Waals surface area contributed by atoms with Crippen LogP contribution in [0.3, 0.4) is 0 Å². The van der Waals surface area contributed by atoms with Crippen LogP contribution in [0.5, 0.6) is 0 Å². The number of aryl methyl sites for hydroxylation is 2. The maximum atomic E-state index is 12.2. The van der Waals surface area contributed by atoms with Gasteiger partial charge in [0.25, 0.3) is 5.91 Å². The molecule has 21 heavy (non-hydrogen) atoms. The zero-order valence-electron chi connectivity index (χ0n) is 11.4. The number of carbonyl (C=O) groups excluding carboxylic acids is 1. The van der Waals surface area contributed by atoms with Crippen LogP contribution < -0.4 is 5.32 Å². The number of hydrogen-bond donors (Lipinski definition) is 2. The molecule has 0 aliphatic heterocycles. The summed E-state index contributed by atoms with van der Waals surface area (Å²) in [4.78, 5) is 27.3. The van der Waals surface area contributed by atoms with E-state index in [4.69, 9.17) is 11.6 Å². The minimum absolute atomic E-state index is 0.128. The predicted octanol–water partition coefficient (Wildman–Crippen LogP) is 2.88. The predicted molar refractivity (Wildman–Crippen MR) is 80.6 cm³/mol. The number of aromatic nitrogens is 4. The van der Waals surface area contributed by atoms with Gasteiger partial charge < -0.3 is 4.98 Å². The topological polar surface area (TPSA) is 83.6 Å². The van der Waals surface area contributed by atoms with Gasteiger partial charge in [-0.2, -0.15) is 9.97 Å². The number of hydrogen-bond acceptors (Lipinski definition) is 4. The number of amides is 1. The van der Waals surface area contributed by atoms with Gasteiger partial charge in [0.2, 0.25) is 5.95 Å². The highest BCUT2D eigenvalue weighted by Gasteiger charge is 2.12. The van der Waals surface area contributed by atoms with Gasteiger partial charge in [-0.15, -0.1) is 0 Å². The Hall–Kier alpha value is -2.47. The van der Waals surface area contributed by atoms with Crippen molar-refractivity contribution in [3.63, 3.8) is 0 Å². The Labute approximate surface area is 125 Å². The maximum absolute atomic E-state index is 12.2. The molecule has 2 aromatic heterocycles. The molecule has 3 rings (SSSR count). The number of anilines is 1. The first kappa shape index (κ1) is 13.5. The van der Waals surface area contributed by atoms with Crippen LogP contribution >= 0.6 is 11.6 Å². The second-order valence-electron chi connectivity index (χ2n) is 4.77. The number of rotatable bonds is 2. The zero-order valence-corrected chi connectivity index (χ0v) is 12.2.